The van der Waals surface area contributed by atoms with Gasteiger partial charge in [-0.25, -0.2) is 0 Å². The molecule has 0 fully saturated rings. The van der Waals surface area contributed by atoms with Gasteiger partial charge >= 0.3 is 0 Å². The largest absolute Gasteiger partial charge is 0.294 e. The molecule has 0 saturated heterocycles. The van der Waals surface area contributed by atoms with Crippen LogP contribution in [0.2, 0.25) is 0 Å². The lowest BCUT2D eigenvalue weighted by atomic mass is 9.83. The van der Waals surface area contributed by atoms with Crippen LogP contribution in [0.4, 0.5) is 0 Å². The molecule has 0 N–H and O–H groups in total. The maximum absolute atomic E-state index is 4.69. The zero-order valence-electron chi connectivity index (χ0n) is 12.1. The van der Waals surface area contributed by atoms with Crippen molar-refractivity contribution < 1.29 is 0 Å². The zero-order valence-corrected chi connectivity index (χ0v) is 13.0. The number of nitrogens with zero attached hydrogens (tertiary/aromatic N) is 1. The van der Waals surface area contributed by atoms with E-state index in [9.17, 15) is 0 Å². The summed E-state index contributed by atoms with van der Waals surface area (Å²) in [4.78, 5) is 2.13. The second-order valence-electron chi connectivity index (χ2n) is 6.11. The normalized spacial score (nSPS) is 14.2. The van der Waals surface area contributed by atoms with Gasteiger partial charge in [-0.05, 0) is 55.6 Å². The molecule has 1 aromatic carbocycles. The summed E-state index contributed by atoms with van der Waals surface area (Å²) in [6.45, 7) is 11.1. The van der Waals surface area contributed by atoms with Gasteiger partial charge in [0, 0.05) is 0 Å². The first-order chi connectivity index (χ1) is 7.64. The Balaban J connectivity index is 3.29. The van der Waals surface area contributed by atoms with E-state index in [1.54, 1.807) is 0 Å². The van der Waals surface area contributed by atoms with Gasteiger partial charge in [0.2, 0.25) is 0 Å². The van der Waals surface area contributed by atoms with Crippen molar-refractivity contribution in [1.82, 2.24) is 4.90 Å². The molecule has 1 nitrogen and oxygen atoms in total. The number of rotatable bonds is 2. The van der Waals surface area contributed by atoms with Crippen LogP contribution in [-0.4, -0.2) is 19.0 Å². The van der Waals surface area contributed by atoms with Crippen molar-refractivity contribution in [2.75, 3.05) is 14.1 Å². The summed E-state index contributed by atoms with van der Waals surface area (Å²) in [5.74, 6) is 0. The van der Waals surface area contributed by atoms with E-state index in [-0.39, 0.29) is 10.8 Å². The van der Waals surface area contributed by atoms with Crippen molar-refractivity contribution in [3.05, 3.63) is 34.4 Å². The van der Waals surface area contributed by atoms with Gasteiger partial charge in [-0.3, -0.25) is 4.90 Å². The van der Waals surface area contributed by atoms with Crippen molar-refractivity contribution in [2.45, 2.75) is 45.4 Å². The monoisotopic (exact) mass is 251 g/mol. The Labute approximate surface area is 112 Å². The third-order valence-corrected chi connectivity index (χ3v) is 3.93. The fourth-order valence-electron chi connectivity index (χ4n) is 2.07. The first kappa shape index (κ1) is 14.6. The van der Waals surface area contributed by atoms with Gasteiger partial charge in [0.05, 0.1) is 5.37 Å². The van der Waals surface area contributed by atoms with Crippen LogP contribution in [0.15, 0.2) is 12.1 Å². The maximum atomic E-state index is 4.69. The Kier molecular flexibility index (Phi) is 4.32. The highest BCUT2D eigenvalue weighted by Gasteiger charge is 2.19. The van der Waals surface area contributed by atoms with E-state index in [4.69, 9.17) is 0 Å². The van der Waals surface area contributed by atoms with Gasteiger partial charge in [0.25, 0.3) is 0 Å². The summed E-state index contributed by atoms with van der Waals surface area (Å²) in [6, 6.07) is 4.60. The number of thiol groups is 1. The predicted octanol–water partition coefficient (Wildman–Crippen LogP) is 4.09. The molecule has 0 bridgehead atoms. The fourth-order valence-corrected chi connectivity index (χ4v) is 2.48. The van der Waals surface area contributed by atoms with E-state index in [0.717, 1.165) is 0 Å². The lowest BCUT2D eigenvalue weighted by Gasteiger charge is -2.27. The Morgan fingerprint density at radius 2 is 1.47 bits per heavy atom. The molecule has 1 rings (SSSR count). The van der Waals surface area contributed by atoms with E-state index >= 15 is 0 Å². The van der Waals surface area contributed by atoms with Gasteiger partial charge in [-0.1, -0.05) is 32.9 Å². The molecule has 0 amide bonds. The van der Waals surface area contributed by atoms with Crippen LogP contribution in [0.3, 0.4) is 0 Å². The Hall–Kier alpha value is -0.470. The topological polar surface area (TPSA) is 3.24 Å². The lowest BCUT2D eigenvalue weighted by Crippen LogP contribution is -2.18. The molecular weight excluding hydrogens is 226 g/mol. The molecule has 0 aliphatic rings. The average molecular weight is 251 g/mol. The molecule has 1 atom stereocenters. The van der Waals surface area contributed by atoms with Crippen LogP contribution in [0.25, 0.3) is 0 Å². The van der Waals surface area contributed by atoms with Crippen LogP contribution >= 0.6 is 12.6 Å². The quantitative estimate of drug-likeness (QED) is 0.612. The summed E-state index contributed by atoms with van der Waals surface area (Å²) in [6.07, 6.45) is 0. The van der Waals surface area contributed by atoms with Crippen molar-refractivity contribution in [2.24, 2.45) is 0 Å². The summed E-state index contributed by atoms with van der Waals surface area (Å²) in [5, 5.41) is 0.170. The van der Waals surface area contributed by atoms with E-state index in [1.807, 2.05) is 0 Å². The van der Waals surface area contributed by atoms with Crippen molar-refractivity contribution >= 4 is 12.6 Å². The standard InChI is InChI=1S/C15H25NS/c1-10-8-12(15(3,4)5)9-11(2)13(10)14(17)16(6)7/h8-9,14,17H,1-7H3. The number of hydrogen-bond acceptors (Lipinski definition) is 2. The molecule has 96 valence electrons. The molecule has 2 heteroatoms. The third-order valence-electron chi connectivity index (χ3n) is 3.21. The molecule has 0 saturated carbocycles. The molecule has 0 aromatic heterocycles. The van der Waals surface area contributed by atoms with Crippen LogP contribution < -0.4 is 0 Å². The summed E-state index contributed by atoms with van der Waals surface area (Å²) < 4.78 is 0. The predicted molar refractivity (Wildman–Crippen MR) is 80.0 cm³/mol. The first-order valence-electron chi connectivity index (χ1n) is 6.10. The first-order valence-corrected chi connectivity index (χ1v) is 6.62. The second kappa shape index (κ2) is 5.03. The molecule has 0 radical (unpaired) electrons. The fraction of sp³-hybridized carbons (Fsp3) is 0.600. The van der Waals surface area contributed by atoms with Gasteiger partial charge < -0.3 is 0 Å². The highest BCUT2D eigenvalue weighted by molar-refractivity contribution is 7.80. The molecule has 0 spiro atoms. The molecule has 17 heavy (non-hydrogen) atoms. The van der Waals surface area contributed by atoms with Crippen LogP contribution in [0.5, 0.6) is 0 Å². The Morgan fingerprint density at radius 1 is 1.06 bits per heavy atom. The SMILES string of the molecule is Cc1cc(C(C)(C)C)cc(C)c1C(S)N(C)C. The van der Waals surface area contributed by atoms with Crippen molar-refractivity contribution in [3.8, 4) is 0 Å². The smallest absolute Gasteiger partial charge is 0.0785 e. The van der Waals surface area contributed by atoms with E-state index in [1.165, 1.54) is 22.3 Å². The van der Waals surface area contributed by atoms with E-state index in [0.29, 0.717) is 0 Å². The average Bonchev–Trinajstić information content (AvgIpc) is 2.14. The van der Waals surface area contributed by atoms with Crippen molar-refractivity contribution in [1.29, 1.82) is 0 Å². The van der Waals surface area contributed by atoms with Gasteiger partial charge in [-0.15, -0.1) is 0 Å². The molecule has 0 aliphatic heterocycles. The van der Waals surface area contributed by atoms with Gasteiger partial charge in [0.15, 0.2) is 0 Å². The summed E-state index contributed by atoms with van der Waals surface area (Å²) >= 11 is 4.69. The minimum absolute atomic E-state index is 0.170. The zero-order chi connectivity index (χ0) is 13.4. The van der Waals surface area contributed by atoms with Gasteiger partial charge in [0.1, 0.15) is 0 Å². The Morgan fingerprint density at radius 3 is 1.76 bits per heavy atom. The maximum Gasteiger partial charge on any atom is 0.0785 e. The minimum atomic E-state index is 0.170. The molecule has 1 aromatic rings. The van der Waals surface area contributed by atoms with Crippen LogP contribution in [0, 0.1) is 13.8 Å². The molecule has 0 aliphatic carbocycles. The molecular formula is C15H25NS. The second-order valence-corrected chi connectivity index (χ2v) is 6.60. The summed E-state index contributed by atoms with van der Waals surface area (Å²) in [7, 11) is 4.13. The lowest BCUT2D eigenvalue weighted by molar-refractivity contribution is 0.391. The van der Waals surface area contributed by atoms with E-state index in [2.05, 4.69) is 78.4 Å². The number of hydrogen-bond donors (Lipinski definition) is 1. The molecule has 1 unspecified atom stereocenters. The summed E-state index contributed by atoms with van der Waals surface area (Å²) in [5.41, 5.74) is 5.62. The number of benzene rings is 1. The third kappa shape index (κ3) is 3.26. The minimum Gasteiger partial charge on any atom is -0.294 e. The highest BCUT2D eigenvalue weighted by Crippen LogP contribution is 2.32. The number of aryl methyl sites for hydroxylation is 2. The Bertz CT molecular complexity index is 379. The molecule has 0 heterocycles. The van der Waals surface area contributed by atoms with E-state index < -0.39 is 0 Å². The van der Waals surface area contributed by atoms with Crippen LogP contribution in [0.1, 0.15) is 48.4 Å². The van der Waals surface area contributed by atoms with Gasteiger partial charge in [-0.2, -0.15) is 12.6 Å². The highest BCUT2D eigenvalue weighted by atomic mass is 32.1. The van der Waals surface area contributed by atoms with Crippen LogP contribution in [-0.2, 0) is 5.41 Å². The van der Waals surface area contributed by atoms with Crippen molar-refractivity contribution in [3.63, 3.8) is 0 Å².